The molecular weight excluding hydrogens is 216 g/mol. The van der Waals surface area contributed by atoms with E-state index in [1.807, 2.05) is 18.7 Å². The van der Waals surface area contributed by atoms with Crippen molar-refractivity contribution >= 4 is 5.91 Å². The summed E-state index contributed by atoms with van der Waals surface area (Å²) in [6.45, 7) is 7.89. The third kappa shape index (κ3) is 2.51. The Labute approximate surface area is 102 Å². The second-order valence-electron chi connectivity index (χ2n) is 5.11. The van der Waals surface area contributed by atoms with Crippen molar-refractivity contribution in [1.82, 2.24) is 10.1 Å². The second-order valence-corrected chi connectivity index (χ2v) is 5.11. The van der Waals surface area contributed by atoms with E-state index in [2.05, 4.69) is 19.0 Å². The number of rotatable bonds is 4. The van der Waals surface area contributed by atoms with Crippen molar-refractivity contribution in [3.05, 3.63) is 17.0 Å². The number of carbonyl (C=O) groups is 1. The standard InChI is InChI=1S/C13H20N2O2/c1-8(2)15(11-5-6-11)13(16)7-12-9(3)14-17-10(12)4/h8,11H,5-7H2,1-4H3. The minimum absolute atomic E-state index is 0.192. The Morgan fingerprint density at radius 1 is 1.47 bits per heavy atom. The van der Waals surface area contributed by atoms with Crippen molar-refractivity contribution in [3.8, 4) is 0 Å². The highest BCUT2D eigenvalue weighted by molar-refractivity contribution is 5.80. The van der Waals surface area contributed by atoms with Crippen molar-refractivity contribution in [2.45, 2.75) is 59.0 Å². The van der Waals surface area contributed by atoms with Crippen LogP contribution in [-0.4, -0.2) is 28.0 Å². The summed E-state index contributed by atoms with van der Waals surface area (Å²) < 4.78 is 5.09. The van der Waals surface area contributed by atoms with Crippen molar-refractivity contribution in [2.24, 2.45) is 0 Å². The van der Waals surface area contributed by atoms with Gasteiger partial charge in [0.15, 0.2) is 0 Å². The summed E-state index contributed by atoms with van der Waals surface area (Å²) >= 11 is 0. The Bertz CT molecular complexity index is 398. The lowest BCUT2D eigenvalue weighted by molar-refractivity contribution is -0.132. The van der Waals surface area contributed by atoms with E-state index in [-0.39, 0.29) is 11.9 Å². The highest BCUT2D eigenvalue weighted by atomic mass is 16.5. The van der Waals surface area contributed by atoms with Crippen LogP contribution < -0.4 is 0 Å². The summed E-state index contributed by atoms with van der Waals surface area (Å²) in [4.78, 5) is 14.3. The third-order valence-electron chi connectivity index (χ3n) is 3.29. The Hall–Kier alpha value is -1.32. The van der Waals surface area contributed by atoms with Gasteiger partial charge in [-0.05, 0) is 40.5 Å². The van der Waals surface area contributed by atoms with Crippen molar-refractivity contribution in [3.63, 3.8) is 0 Å². The molecule has 0 radical (unpaired) electrons. The number of hydrogen-bond donors (Lipinski definition) is 0. The zero-order valence-corrected chi connectivity index (χ0v) is 11.0. The molecule has 1 fully saturated rings. The maximum Gasteiger partial charge on any atom is 0.227 e. The van der Waals surface area contributed by atoms with Crippen LogP contribution in [0.1, 0.15) is 43.7 Å². The van der Waals surface area contributed by atoms with Crippen molar-refractivity contribution < 1.29 is 9.32 Å². The number of nitrogens with zero attached hydrogens (tertiary/aromatic N) is 2. The number of amides is 1. The fourth-order valence-electron chi connectivity index (χ4n) is 2.26. The Morgan fingerprint density at radius 3 is 2.53 bits per heavy atom. The summed E-state index contributed by atoms with van der Waals surface area (Å²) in [7, 11) is 0. The van der Waals surface area contributed by atoms with Crippen LogP contribution in [0.15, 0.2) is 4.52 Å². The van der Waals surface area contributed by atoms with Gasteiger partial charge in [0, 0.05) is 17.6 Å². The molecule has 4 nitrogen and oxygen atoms in total. The fourth-order valence-corrected chi connectivity index (χ4v) is 2.26. The first kappa shape index (κ1) is 12.1. The Morgan fingerprint density at radius 2 is 2.12 bits per heavy atom. The molecule has 0 atom stereocenters. The fraction of sp³-hybridized carbons (Fsp3) is 0.692. The van der Waals surface area contributed by atoms with Gasteiger partial charge in [-0.2, -0.15) is 0 Å². The summed E-state index contributed by atoms with van der Waals surface area (Å²) in [6.07, 6.45) is 2.70. The molecule has 0 spiro atoms. The molecule has 2 rings (SSSR count). The van der Waals surface area contributed by atoms with Crippen LogP contribution >= 0.6 is 0 Å². The molecule has 0 saturated heterocycles. The van der Waals surface area contributed by atoms with E-state index in [1.54, 1.807) is 0 Å². The quantitative estimate of drug-likeness (QED) is 0.805. The van der Waals surface area contributed by atoms with Gasteiger partial charge in [-0.15, -0.1) is 0 Å². The molecule has 1 aromatic heterocycles. The average Bonchev–Trinajstić information content (AvgIpc) is 3.01. The number of hydrogen-bond acceptors (Lipinski definition) is 3. The van der Waals surface area contributed by atoms with E-state index in [4.69, 9.17) is 4.52 Å². The average molecular weight is 236 g/mol. The molecule has 1 aliphatic carbocycles. The summed E-state index contributed by atoms with van der Waals surface area (Å²) in [5.41, 5.74) is 1.77. The third-order valence-corrected chi connectivity index (χ3v) is 3.29. The van der Waals surface area contributed by atoms with E-state index >= 15 is 0 Å². The molecule has 1 heterocycles. The van der Waals surface area contributed by atoms with E-state index in [0.717, 1.165) is 29.9 Å². The van der Waals surface area contributed by atoms with Crippen molar-refractivity contribution in [2.75, 3.05) is 0 Å². The molecule has 1 aromatic rings. The van der Waals surface area contributed by atoms with Gasteiger partial charge in [0.05, 0.1) is 12.1 Å². The van der Waals surface area contributed by atoms with Gasteiger partial charge in [0.1, 0.15) is 5.76 Å². The van der Waals surface area contributed by atoms with Crippen LogP contribution in [0, 0.1) is 13.8 Å². The predicted molar refractivity (Wildman–Crippen MR) is 64.7 cm³/mol. The lowest BCUT2D eigenvalue weighted by Crippen LogP contribution is -2.39. The van der Waals surface area contributed by atoms with E-state index < -0.39 is 0 Å². The topological polar surface area (TPSA) is 46.3 Å². The molecule has 4 heteroatoms. The zero-order valence-electron chi connectivity index (χ0n) is 11.0. The first-order valence-corrected chi connectivity index (χ1v) is 6.23. The lowest BCUT2D eigenvalue weighted by atomic mass is 10.1. The van der Waals surface area contributed by atoms with Crippen LogP contribution in [0.2, 0.25) is 0 Å². The minimum Gasteiger partial charge on any atom is -0.361 e. The molecule has 1 saturated carbocycles. The van der Waals surface area contributed by atoms with E-state index in [1.165, 1.54) is 0 Å². The minimum atomic E-state index is 0.192. The van der Waals surface area contributed by atoms with Gasteiger partial charge in [0.2, 0.25) is 5.91 Å². The van der Waals surface area contributed by atoms with Gasteiger partial charge in [-0.3, -0.25) is 4.79 Å². The molecule has 0 aromatic carbocycles. The van der Waals surface area contributed by atoms with Gasteiger partial charge < -0.3 is 9.42 Å². The van der Waals surface area contributed by atoms with Crippen LogP contribution in [0.3, 0.4) is 0 Å². The first-order valence-electron chi connectivity index (χ1n) is 6.23. The van der Waals surface area contributed by atoms with Crippen LogP contribution in [0.4, 0.5) is 0 Å². The maximum atomic E-state index is 12.3. The first-order chi connectivity index (χ1) is 8.00. The molecule has 0 aliphatic heterocycles. The zero-order chi connectivity index (χ0) is 12.6. The van der Waals surface area contributed by atoms with Gasteiger partial charge in [-0.25, -0.2) is 0 Å². The maximum absolute atomic E-state index is 12.3. The second kappa shape index (κ2) is 4.51. The molecule has 1 amide bonds. The van der Waals surface area contributed by atoms with Gasteiger partial charge >= 0.3 is 0 Å². The Balaban J connectivity index is 2.10. The molecule has 17 heavy (non-hydrogen) atoms. The van der Waals surface area contributed by atoms with Gasteiger partial charge in [0.25, 0.3) is 0 Å². The number of aromatic nitrogens is 1. The molecule has 1 aliphatic rings. The lowest BCUT2D eigenvalue weighted by Gasteiger charge is -2.26. The van der Waals surface area contributed by atoms with Crippen LogP contribution in [0.25, 0.3) is 0 Å². The monoisotopic (exact) mass is 236 g/mol. The SMILES string of the molecule is Cc1noc(C)c1CC(=O)N(C(C)C)C1CC1. The normalized spacial score (nSPS) is 15.4. The molecule has 0 N–H and O–H groups in total. The van der Waals surface area contributed by atoms with Crippen LogP contribution in [-0.2, 0) is 11.2 Å². The molecule has 0 unspecified atom stereocenters. The molecule has 0 bridgehead atoms. The molecule has 94 valence electrons. The molecular formula is C13H20N2O2. The number of aryl methyl sites for hydroxylation is 2. The van der Waals surface area contributed by atoms with Gasteiger partial charge in [-0.1, -0.05) is 5.16 Å². The largest absolute Gasteiger partial charge is 0.361 e. The smallest absolute Gasteiger partial charge is 0.227 e. The predicted octanol–water partition coefficient (Wildman–Crippen LogP) is 2.23. The summed E-state index contributed by atoms with van der Waals surface area (Å²) in [5.74, 6) is 0.951. The van der Waals surface area contributed by atoms with E-state index in [0.29, 0.717) is 12.5 Å². The summed E-state index contributed by atoms with van der Waals surface area (Å²) in [6, 6.07) is 0.735. The Kier molecular flexibility index (Phi) is 3.22. The number of carbonyl (C=O) groups excluding carboxylic acids is 1. The highest BCUT2D eigenvalue weighted by Crippen LogP contribution is 2.29. The summed E-state index contributed by atoms with van der Waals surface area (Å²) in [5, 5.41) is 3.89. The van der Waals surface area contributed by atoms with Crippen LogP contribution in [0.5, 0.6) is 0 Å². The highest BCUT2D eigenvalue weighted by Gasteiger charge is 2.34. The van der Waals surface area contributed by atoms with E-state index in [9.17, 15) is 4.79 Å². The van der Waals surface area contributed by atoms with Crippen molar-refractivity contribution in [1.29, 1.82) is 0 Å².